The van der Waals surface area contributed by atoms with Crippen molar-refractivity contribution in [2.45, 2.75) is 39.3 Å². The third kappa shape index (κ3) is 2.38. The van der Waals surface area contributed by atoms with Crippen LogP contribution in [0.2, 0.25) is 0 Å². The average molecular weight is 166 g/mol. The highest BCUT2D eigenvalue weighted by Gasteiger charge is 1.96. The number of aryl methyl sites for hydroxylation is 1. The Bertz CT molecular complexity index is 215. The van der Waals surface area contributed by atoms with Gasteiger partial charge in [-0.05, 0) is 18.6 Å². The van der Waals surface area contributed by atoms with Gasteiger partial charge in [0.1, 0.15) is 0 Å². The molecule has 0 spiro atoms. The van der Waals surface area contributed by atoms with Crippen LogP contribution < -0.4 is 5.73 Å². The molecule has 0 fully saturated rings. The molecule has 0 amide bonds. The predicted octanol–water partition coefficient (Wildman–Crippen LogP) is 2.14. The molecule has 0 aliphatic carbocycles. The van der Waals surface area contributed by atoms with Crippen molar-refractivity contribution in [2.24, 2.45) is 5.73 Å². The number of unbranched alkanes of at least 4 members (excludes halogenated alkanes) is 2. The first-order valence-corrected chi connectivity index (χ1v) is 4.72. The minimum absolute atomic E-state index is 0.652. The zero-order chi connectivity index (χ0) is 8.81. The molecule has 2 nitrogen and oxygen atoms in total. The van der Waals surface area contributed by atoms with Crippen LogP contribution in [0.4, 0.5) is 0 Å². The van der Waals surface area contributed by atoms with Crippen LogP contribution in [0.25, 0.3) is 0 Å². The third-order valence-electron chi connectivity index (χ3n) is 2.14. The molecule has 0 aliphatic rings. The third-order valence-corrected chi connectivity index (χ3v) is 2.14. The van der Waals surface area contributed by atoms with E-state index >= 15 is 0 Å². The van der Waals surface area contributed by atoms with Gasteiger partial charge in [0.05, 0.1) is 0 Å². The average Bonchev–Trinajstić information content (AvgIpc) is 2.52. The molecule has 2 N–H and O–H groups in total. The second kappa shape index (κ2) is 4.99. The van der Waals surface area contributed by atoms with Gasteiger partial charge in [-0.1, -0.05) is 19.8 Å². The molecule has 1 aromatic rings. The van der Waals surface area contributed by atoms with Gasteiger partial charge in [0.25, 0.3) is 0 Å². The van der Waals surface area contributed by atoms with Crippen molar-refractivity contribution in [3.05, 3.63) is 24.0 Å². The molecule has 0 radical (unpaired) electrons. The highest BCUT2D eigenvalue weighted by atomic mass is 15.0. The van der Waals surface area contributed by atoms with E-state index in [4.69, 9.17) is 5.73 Å². The Labute approximate surface area is 74.4 Å². The minimum atomic E-state index is 0.652. The van der Waals surface area contributed by atoms with Crippen molar-refractivity contribution in [1.82, 2.24) is 4.57 Å². The predicted molar refractivity (Wildman–Crippen MR) is 51.8 cm³/mol. The highest BCUT2D eigenvalue weighted by Crippen LogP contribution is 2.04. The summed E-state index contributed by atoms with van der Waals surface area (Å²) in [5.74, 6) is 0. The number of nitrogens with zero attached hydrogens (tertiary/aromatic N) is 1. The Morgan fingerprint density at radius 2 is 2.25 bits per heavy atom. The molecule has 0 bridgehead atoms. The molecule has 2 heteroatoms. The summed E-state index contributed by atoms with van der Waals surface area (Å²) in [5, 5.41) is 0. The first-order chi connectivity index (χ1) is 5.88. The minimum Gasteiger partial charge on any atom is -0.350 e. The maximum atomic E-state index is 5.58. The van der Waals surface area contributed by atoms with Crippen molar-refractivity contribution in [2.75, 3.05) is 0 Å². The van der Waals surface area contributed by atoms with E-state index in [1.54, 1.807) is 0 Å². The summed E-state index contributed by atoms with van der Waals surface area (Å²) in [6.07, 6.45) is 5.96. The lowest BCUT2D eigenvalue weighted by Gasteiger charge is -2.06. The molecule has 0 unspecified atom stereocenters. The van der Waals surface area contributed by atoms with Gasteiger partial charge in [-0.3, -0.25) is 0 Å². The van der Waals surface area contributed by atoms with Crippen molar-refractivity contribution in [3.8, 4) is 0 Å². The monoisotopic (exact) mass is 166 g/mol. The van der Waals surface area contributed by atoms with E-state index in [0.717, 1.165) is 6.54 Å². The van der Waals surface area contributed by atoms with Crippen molar-refractivity contribution in [1.29, 1.82) is 0 Å². The van der Waals surface area contributed by atoms with E-state index in [1.807, 2.05) is 0 Å². The van der Waals surface area contributed by atoms with E-state index in [-0.39, 0.29) is 0 Å². The summed E-state index contributed by atoms with van der Waals surface area (Å²) in [5.41, 5.74) is 6.82. The summed E-state index contributed by atoms with van der Waals surface area (Å²) in [4.78, 5) is 0. The molecule has 0 atom stereocenters. The number of rotatable bonds is 5. The quantitative estimate of drug-likeness (QED) is 0.667. The largest absolute Gasteiger partial charge is 0.350 e. The zero-order valence-electron chi connectivity index (χ0n) is 7.79. The molecule has 0 aliphatic heterocycles. The molecule has 68 valence electrons. The van der Waals surface area contributed by atoms with Crippen molar-refractivity contribution >= 4 is 0 Å². The van der Waals surface area contributed by atoms with Crippen LogP contribution in [0.5, 0.6) is 0 Å². The van der Waals surface area contributed by atoms with Crippen LogP contribution in [-0.2, 0) is 13.1 Å². The Morgan fingerprint density at radius 3 is 2.92 bits per heavy atom. The van der Waals surface area contributed by atoms with E-state index < -0.39 is 0 Å². The Kier molecular flexibility index (Phi) is 3.88. The Balaban J connectivity index is 2.39. The van der Waals surface area contributed by atoms with E-state index in [0.29, 0.717) is 6.54 Å². The summed E-state index contributed by atoms with van der Waals surface area (Å²) in [6, 6.07) is 4.15. The molecule has 12 heavy (non-hydrogen) atoms. The van der Waals surface area contributed by atoms with Crippen molar-refractivity contribution < 1.29 is 0 Å². The standard InChI is InChI=1S/C10H18N2/c1-2-3-4-7-12-8-5-6-10(12)9-11/h5-6,8H,2-4,7,9,11H2,1H3. The fourth-order valence-electron chi connectivity index (χ4n) is 1.39. The van der Waals surface area contributed by atoms with Gasteiger partial charge < -0.3 is 10.3 Å². The van der Waals surface area contributed by atoms with E-state index in [1.165, 1.54) is 25.0 Å². The molecule has 1 rings (SSSR count). The summed E-state index contributed by atoms with van der Waals surface area (Å²) in [7, 11) is 0. The lowest BCUT2D eigenvalue weighted by Crippen LogP contribution is -2.06. The number of nitrogens with two attached hydrogens (primary N) is 1. The summed E-state index contributed by atoms with van der Waals surface area (Å²) in [6.45, 7) is 3.99. The van der Waals surface area contributed by atoms with Crippen LogP contribution in [0.3, 0.4) is 0 Å². The molecule has 0 saturated carbocycles. The summed E-state index contributed by atoms with van der Waals surface area (Å²) >= 11 is 0. The lowest BCUT2D eigenvalue weighted by atomic mass is 10.2. The van der Waals surface area contributed by atoms with Crippen LogP contribution >= 0.6 is 0 Å². The molecule has 1 heterocycles. The highest BCUT2D eigenvalue weighted by molar-refractivity contribution is 5.06. The van der Waals surface area contributed by atoms with Gasteiger partial charge in [0.2, 0.25) is 0 Å². The SMILES string of the molecule is CCCCCn1cccc1CN. The lowest BCUT2D eigenvalue weighted by molar-refractivity contribution is 0.586. The van der Waals surface area contributed by atoms with Crippen LogP contribution in [0, 0.1) is 0 Å². The molecule has 1 aromatic heterocycles. The normalized spacial score (nSPS) is 10.5. The Hall–Kier alpha value is -0.760. The first-order valence-electron chi connectivity index (χ1n) is 4.72. The fourth-order valence-corrected chi connectivity index (χ4v) is 1.39. The number of hydrogen-bond donors (Lipinski definition) is 1. The van der Waals surface area contributed by atoms with Gasteiger partial charge >= 0.3 is 0 Å². The van der Waals surface area contributed by atoms with Gasteiger partial charge in [0, 0.05) is 25.0 Å². The maximum Gasteiger partial charge on any atom is 0.0334 e. The Morgan fingerprint density at radius 1 is 1.42 bits per heavy atom. The van der Waals surface area contributed by atoms with E-state index in [2.05, 4.69) is 29.8 Å². The van der Waals surface area contributed by atoms with Gasteiger partial charge in [0.15, 0.2) is 0 Å². The number of hydrogen-bond acceptors (Lipinski definition) is 1. The van der Waals surface area contributed by atoms with Crippen LogP contribution in [0.1, 0.15) is 31.9 Å². The molecular weight excluding hydrogens is 148 g/mol. The smallest absolute Gasteiger partial charge is 0.0334 e. The molecule has 0 aromatic carbocycles. The van der Waals surface area contributed by atoms with Gasteiger partial charge in [-0.2, -0.15) is 0 Å². The van der Waals surface area contributed by atoms with Crippen LogP contribution in [-0.4, -0.2) is 4.57 Å². The van der Waals surface area contributed by atoms with Crippen molar-refractivity contribution in [3.63, 3.8) is 0 Å². The number of aromatic nitrogens is 1. The second-order valence-corrected chi connectivity index (χ2v) is 3.10. The first kappa shape index (κ1) is 9.33. The zero-order valence-corrected chi connectivity index (χ0v) is 7.79. The maximum absolute atomic E-state index is 5.58. The topological polar surface area (TPSA) is 30.9 Å². The second-order valence-electron chi connectivity index (χ2n) is 3.10. The fraction of sp³-hybridized carbons (Fsp3) is 0.600. The van der Waals surface area contributed by atoms with Gasteiger partial charge in [-0.25, -0.2) is 0 Å². The summed E-state index contributed by atoms with van der Waals surface area (Å²) < 4.78 is 2.25. The molecule has 0 saturated heterocycles. The molecular formula is C10H18N2. The van der Waals surface area contributed by atoms with E-state index in [9.17, 15) is 0 Å². The van der Waals surface area contributed by atoms with Gasteiger partial charge in [-0.15, -0.1) is 0 Å². The van der Waals surface area contributed by atoms with Crippen LogP contribution in [0.15, 0.2) is 18.3 Å².